The third-order valence-electron chi connectivity index (χ3n) is 7.58. The number of nitrogens with zero attached hydrogens (tertiary/aromatic N) is 3. The molecule has 1 aliphatic rings. The number of carbonyl (C=O) groups excluding carboxylic acids is 2. The molecule has 44 heavy (non-hydrogen) atoms. The number of thioether (sulfide) groups is 1. The lowest BCUT2D eigenvalue weighted by atomic mass is 9.85. The number of rotatable bonds is 8. The van der Waals surface area contributed by atoms with Crippen molar-refractivity contribution in [3.63, 3.8) is 0 Å². The lowest BCUT2D eigenvalue weighted by Crippen LogP contribution is -2.31. The topological polar surface area (TPSA) is 106 Å². The quantitative estimate of drug-likeness (QED) is 0.105. The van der Waals surface area contributed by atoms with Crippen molar-refractivity contribution in [1.29, 1.82) is 0 Å². The van der Waals surface area contributed by atoms with Crippen molar-refractivity contribution < 1.29 is 23.8 Å². The highest BCUT2D eigenvalue weighted by Gasteiger charge is 2.47. The molecule has 1 atom stereocenters. The molecule has 1 amide bonds. The number of benzene rings is 3. The average Bonchev–Trinajstić information content (AvgIpc) is 3.72. The molecule has 5 aromatic rings. The first-order valence-corrected chi connectivity index (χ1v) is 15.9. The molecule has 0 radical (unpaired) electrons. The summed E-state index contributed by atoms with van der Waals surface area (Å²) in [5.41, 5.74) is 4.29. The Hall–Kier alpha value is -4.41. The van der Waals surface area contributed by atoms with E-state index in [4.69, 9.17) is 9.15 Å². The number of ketones is 1. The van der Waals surface area contributed by atoms with Crippen molar-refractivity contribution in [2.45, 2.75) is 49.2 Å². The molecule has 1 unspecified atom stereocenters. The van der Waals surface area contributed by atoms with Crippen LogP contribution in [0.5, 0.6) is 5.75 Å². The molecule has 3 aromatic carbocycles. The van der Waals surface area contributed by atoms with Gasteiger partial charge in [0.1, 0.15) is 0 Å². The van der Waals surface area contributed by atoms with Gasteiger partial charge in [-0.25, -0.2) is 0 Å². The van der Waals surface area contributed by atoms with Crippen LogP contribution in [0.25, 0.3) is 11.0 Å². The fraction of sp³-hybridized carbons (Fsp3) is 0.235. The molecule has 2 aromatic heterocycles. The van der Waals surface area contributed by atoms with Crippen molar-refractivity contribution in [3.05, 3.63) is 112 Å². The van der Waals surface area contributed by atoms with Crippen molar-refractivity contribution in [1.82, 2.24) is 10.2 Å². The first kappa shape index (κ1) is 29.7. The molecule has 0 fully saturated rings. The zero-order valence-electron chi connectivity index (χ0n) is 25.0. The van der Waals surface area contributed by atoms with E-state index in [1.165, 1.54) is 40.7 Å². The largest absolute Gasteiger partial charge is 0.503 e. The van der Waals surface area contributed by atoms with E-state index in [0.717, 1.165) is 11.1 Å². The van der Waals surface area contributed by atoms with Crippen LogP contribution in [0.15, 0.2) is 92.9 Å². The van der Waals surface area contributed by atoms with Crippen LogP contribution in [0, 0.1) is 6.92 Å². The van der Waals surface area contributed by atoms with Crippen LogP contribution in [0.4, 0.5) is 5.13 Å². The Morgan fingerprint density at radius 2 is 1.80 bits per heavy atom. The number of ether oxygens (including phenoxy) is 1. The number of furan rings is 1. The van der Waals surface area contributed by atoms with Crippen LogP contribution in [-0.2, 0) is 16.0 Å². The maximum absolute atomic E-state index is 14.1. The average molecular weight is 626 g/mol. The second-order valence-electron chi connectivity index (χ2n) is 11.7. The van der Waals surface area contributed by atoms with Gasteiger partial charge in [-0.2, -0.15) is 0 Å². The summed E-state index contributed by atoms with van der Waals surface area (Å²) in [5.74, 6) is -0.815. The van der Waals surface area contributed by atoms with Gasteiger partial charge in [0, 0.05) is 11.1 Å². The minimum atomic E-state index is -0.943. The summed E-state index contributed by atoms with van der Waals surface area (Å²) in [6.45, 7) is 8.38. The number of aryl methyl sites for hydroxylation is 1. The van der Waals surface area contributed by atoms with Crippen LogP contribution >= 0.6 is 23.1 Å². The number of aliphatic hydroxyl groups excluding tert-OH is 1. The number of anilines is 1. The number of fused-ring (bicyclic) bond motifs is 1. The van der Waals surface area contributed by atoms with E-state index in [1.807, 2.05) is 31.2 Å². The van der Waals surface area contributed by atoms with Gasteiger partial charge in [0.25, 0.3) is 5.91 Å². The van der Waals surface area contributed by atoms with Crippen LogP contribution in [0.2, 0.25) is 0 Å². The van der Waals surface area contributed by atoms with Crippen molar-refractivity contribution in [2.75, 3.05) is 12.0 Å². The molecule has 1 aliphatic heterocycles. The van der Waals surface area contributed by atoms with Gasteiger partial charge in [0.15, 0.2) is 27.2 Å². The molecule has 6 rings (SSSR count). The molecule has 8 nitrogen and oxygen atoms in total. The number of hydrogen-bond donors (Lipinski definition) is 1. The smallest absolute Gasteiger partial charge is 0.296 e. The summed E-state index contributed by atoms with van der Waals surface area (Å²) >= 11 is 2.75. The Morgan fingerprint density at radius 3 is 2.48 bits per heavy atom. The monoisotopic (exact) mass is 625 g/mol. The Kier molecular flexibility index (Phi) is 7.81. The number of para-hydroxylation sites is 1. The van der Waals surface area contributed by atoms with Gasteiger partial charge >= 0.3 is 0 Å². The third-order valence-corrected chi connectivity index (χ3v) is 9.71. The molecular weight excluding hydrogens is 595 g/mol. The van der Waals surface area contributed by atoms with E-state index in [9.17, 15) is 14.7 Å². The summed E-state index contributed by atoms with van der Waals surface area (Å²) in [4.78, 5) is 29.1. The second kappa shape index (κ2) is 11.6. The first-order valence-electron chi connectivity index (χ1n) is 14.1. The normalized spacial score (nSPS) is 15.4. The fourth-order valence-electron chi connectivity index (χ4n) is 5.14. The predicted octanol–water partition coefficient (Wildman–Crippen LogP) is 7.97. The molecule has 3 heterocycles. The Morgan fingerprint density at radius 1 is 1.07 bits per heavy atom. The van der Waals surface area contributed by atoms with E-state index in [1.54, 1.807) is 24.3 Å². The molecule has 0 aliphatic carbocycles. The van der Waals surface area contributed by atoms with Gasteiger partial charge < -0.3 is 14.3 Å². The summed E-state index contributed by atoms with van der Waals surface area (Å²) in [7, 11) is 1.52. The molecule has 1 N–H and O–H groups in total. The molecule has 0 bridgehead atoms. The molecular formula is C34H31N3O5S2. The fourth-order valence-corrected chi connectivity index (χ4v) is 6.97. The number of aliphatic hydroxyl groups is 1. The number of hydrogen-bond acceptors (Lipinski definition) is 9. The minimum Gasteiger partial charge on any atom is -0.503 e. The van der Waals surface area contributed by atoms with E-state index in [-0.39, 0.29) is 21.9 Å². The lowest BCUT2D eigenvalue weighted by molar-refractivity contribution is -0.117. The minimum absolute atomic E-state index is 0.0105. The lowest BCUT2D eigenvalue weighted by Gasteiger charge is -2.25. The van der Waals surface area contributed by atoms with Crippen LogP contribution in [0.3, 0.4) is 0 Å². The Labute approximate surface area is 263 Å². The van der Waals surface area contributed by atoms with Gasteiger partial charge in [-0.1, -0.05) is 110 Å². The highest BCUT2D eigenvalue weighted by Crippen LogP contribution is 2.45. The van der Waals surface area contributed by atoms with E-state index in [0.29, 0.717) is 32.4 Å². The number of carbonyl (C=O) groups is 2. The SMILES string of the molecule is COc1cccc2cc(C(=O)C3=C(O)C(=O)N(c4nnc(SCc5ccc(C)cc5)s4)C3c3ccc(C(C)(C)C)cc3)oc12. The van der Waals surface area contributed by atoms with Crippen LogP contribution < -0.4 is 9.64 Å². The highest BCUT2D eigenvalue weighted by molar-refractivity contribution is 8.00. The summed E-state index contributed by atoms with van der Waals surface area (Å²) in [6, 6.07) is 22.0. The maximum Gasteiger partial charge on any atom is 0.296 e. The number of amides is 1. The van der Waals surface area contributed by atoms with E-state index >= 15 is 0 Å². The Balaban J connectivity index is 1.38. The van der Waals surface area contributed by atoms with Crippen molar-refractivity contribution >= 4 is 50.9 Å². The van der Waals surface area contributed by atoms with E-state index < -0.39 is 23.5 Å². The van der Waals surface area contributed by atoms with Gasteiger partial charge in [-0.05, 0) is 41.2 Å². The molecule has 0 spiro atoms. The molecule has 0 saturated carbocycles. The summed E-state index contributed by atoms with van der Waals surface area (Å²) in [6.07, 6.45) is 0. The summed E-state index contributed by atoms with van der Waals surface area (Å²) in [5, 5.41) is 20.8. The first-order chi connectivity index (χ1) is 21.0. The summed E-state index contributed by atoms with van der Waals surface area (Å²) < 4.78 is 12.0. The van der Waals surface area contributed by atoms with Crippen LogP contribution in [0.1, 0.15) is 59.6 Å². The zero-order valence-corrected chi connectivity index (χ0v) is 26.6. The molecule has 10 heteroatoms. The van der Waals surface area contributed by atoms with Crippen LogP contribution in [-0.4, -0.2) is 34.1 Å². The standard InChI is InChI=1S/C34H31N3O5S2/c1-19-9-11-20(12-10-19)18-43-33-36-35-32(44-33)37-27(21-13-15-23(16-14-21)34(2,3)4)26(29(39)31(37)40)28(38)25-17-22-7-6-8-24(41-5)30(22)42-25/h6-17,27,39H,18H2,1-5H3. The van der Waals surface area contributed by atoms with Crippen molar-refractivity contribution in [2.24, 2.45) is 0 Å². The van der Waals surface area contributed by atoms with Crippen molar-refractivity contribution in [3.8, 4) is 5.75 Å². The number of aromatic nitrogens is 2. The number of methoxy groups -OCH3 is 1. The van der Waals surface area contributed by atoms with Gasteiger partial charge in [0.05, 0.1) is 18.7 Å². The van der Waals surface area contributed by atoms with Gasteiger partial charge in [-0.15, -0.1) is 10.2 Å². The van der Waals surface area contributed by atoms with E-state index in [2.05, 4.69) is 55.2 Å². The van der Waals surface area contributed by atoms with Gasteiger partial charge in [-0.3, -0.25) is 14.5 Å². The maximum atomic E-state index is 14.1. The Bertz CT molecular complexity index is 1900. The predicted molar refractivity (Wildman–Crippen MR) is 173 cm³/mol. The molecule has 0 saturated heterocycles. The highest BCUT2D eigenvalue weighted by atomic mass is 32.2. The molecule has 224 valence electrons. The second-order valence-corrected chi connectivity index (χ2v) is 13.8. The third kappa shape index (κ3) is 5.51. The zero-order chi connectivity index (χ0) is 31.2. The van der Waals surface area contributed by atoms with Gasteiger partial charge in [0.2, 0.25) is 10.9 Å². The number of Topliss-reactive ketones (excluding diaryl/α,β-unsaturated/α-hetero) is 1.